The predicted molar refractivity (Wildman–Crippen MR) is 117 cm³/mol. The van der Waals surface area contributed by atoms with E-state index < -0.39 is 11.5 Å². The van der Waals surface area contributed by atoms with Gasteiger partial charge < -0.3 is 9.64 Å². The van der Waals surface area contributed by atoms with E-state index >= 15 is 0 Å². The van der Waals surface area contributed by atoms with Crippen LogP contribution in [0, 0.1) is 13.5 Å². The van der Waals surface area contributed by atoms with Gasteiger partial charge in [-0.15, -0.1) is 11.6 Å². The molecule has 0 N–H and O–H groups in total. The number of amides is 1. The van der Waals surface area contributed by atoms with Crippen LogP contribution >= 0.6 is 23.8 Å². The summed E-state index contributed by atoms with van der Waals surface area (Å²) >= 11 is 11.1. The minimum atomic E-state index is -0.919. The number of hydrogen-bond donors (Lipinski definition) is 0. The Morgan fingerprint density at radius 1 is 1.21 bits per heavy atom. The molecule has 0 radical (unpaired) electrons. The van der Waals surface area contributed by atoms with Crippen molar-refractivity contribution in [3.05, 3.63) is 59.4 Å². The quantitative estimate of drug-likeness (QED) is 0.234. The predicted octanol–water partition coefficient (Wildman–Crippen LogP) is 4.61. The number of alkyl halides is 1. The van der Waals surface area contributed by atoms with E-state index in [1.54, 1.807) is 61.2 Å². The molecule has 0 bridgehead atoms. The van der Waals surface area contributed by atoms with Crippen molar-refractivity contribution < 1.29 is 14.3 Å². The zero-order chi connectivity index (χ0) is 21.3. The van der Waals surface area contributed by atoms with Crippen LogP contribution in [0.4, 0.5) is 17.1 Å². The molecule has 0 aliphatic carbocycles. The van der Waals surface area contributed by atoms with Crippen LogP contribution < -0.4 is 14.5 Å². The molecule has 2 aromatic rings. The first-order valence-electron chi connectivity index (χ1n) is 8.74. The van der Waals surface area contributed by atoms with E-state index in [4.69, 9.17) is 35.1 Å². The summed E-state index contributed by atoms with van der Waals surface area (Å²) in [6, 6.07) is 11.9. The molecule has 2 aromatic carbocycles. The molecule has 0 saturated carbocycles. The highest BCUT2D eigenvalue weighted by Crippen LogP contribution is 2.37. The molecule has 1 aliphatic rings. The molecule has 1 saturated heterocycles. The Labute approximate surface area is 179 Å². The van der Waals surface area contributed by atoms with Gasteiger partial charge in [-0.2, -0.15) is 0 Å². The molecule has 0 atom stereocenters. The summed E-state index contributed by atoms with van der Waals surface area (Å²) in [6.07, 6.45) is 0. The maximum Gasteiger partial charge on any atom is 0.326 e. The highest BCUT2D eigenvalue weighted by Gasteiger charge is 2.50. The number of nitrogens with zero attached hydrogens (tertiary/aromatic N) is 3. The Morgan fingerprint density at radius 3 is 2.38 bits per heavy atom. The summed E-state index contributed by atoms with van der Waals surface area (Å²) < 4.78 is 5.08. The van der Waals surface area contributed by atoms with E-state index in [2.05, 4.69) is 4.85 Å². The summed E-state index contributed by atoms with van der Waals surface area (Å²) in [4.78, 5) is 31.2. The number of ether oxygens (including phenoxy) is 1. The smallest absolute Gasteiger partial charge is 0.326 e. The number of thiocarbonyl (C=S) groups is 1. The Hall–Kier alpha value is -2.95. The van der Waals surface area contributed by atoms with Crippen LogP contribution in [0.2, 0.25) is 0 Å². The van der Waals surface area contributed by atoms with Crippen LogP contribution in [-0.4, -0.2) is 28.4 Å². The van der Waals surface area contributed by atoms with Crippen molar-refractivity contribution in [2.24, 2.45) is 0 Å². The fourth-order valence-electron chi connectivity index (χ4n) is 3.18. The summed E-state index contributed by atoms with van der Waals surface area (Å²) in [5.74, 6) is -0.595. The maximum atomic E-state index is 13.2. The van der Waals surface area contributed by atoms with E-state index in [0.717, 1.165) is 5.56 Å². The molecular formula is C21H18ClN3O3S. The summed E-state index contributed by atoms with van der Waals surface area (Å²) in [5, 5.41) is 0.334. The number of carbonyl (C=O) groups excluding carboxylic acids is 2. The fraction of sp³-hybridized carbons (Fsp3) is 0.238. The van der Waals surface area contributed by atoms with Gasteiger partial charge >= 0.3 is 5.97 Å². The maximum absolute atomic E-state index is 13.2. The van der Waals surface area contributed by atoms with E-state index in [1.807, 2.05) is 6.92 Å². The van der Waals surface area contributed by atoms with Crippen molar-refractivity contribution in [2.45, 2.75) is 26.3 Å². The average molecular weight is 428 g/mol. The van der Waals surface area contributed by atoms with Gasteiger partial charge in [0.25, 0.3) is 5.91 Å². The standard InChI is InChI=1S/C21H18ClN3O3S/c1-13-11-15(7-10-17(13)23-4)24-19(27)21(2,3)25(20(24)29)14-5-8-16(9-6-14)28-18(26)12-22/h5-11H,12H2,1-3H3. The van der Waals surface area contributed by atoms with Crippen LogP contribution in [0.15, 0.2) is 42.5 Å². The SMILES string of the molecule is [C-]#[N+]c1ccc(N2C(=O)C(C)(C)N(c3ccc(OC(=O)CCl)cc3)C2=S)cc1C. The normalized spacial score (nSPS) is 15.4. The molecule has 1 heterocycles. The number of rotatable bonds is 4. The van der Waals surface area contributed by atoms with Crippen LogP contribution in [0.1, 0.15) is 19.4 Å². The highest BCUT2D eigenvalue weighted by molar-refractivity contribution is 7.81. The van der Waals surface area contributed by atoms with Crippen molar-refractivity contribution in [2.75, 3.05) is 15.7 Å². The lowest BCUT2D eigenvalue weighted by Gasteiger charge is -2.29. The Morgan fingerprint density at radius 2 is 1.83 bits per heavy atom. The lowest BCUT2D eigenvalue weighted by molar-refractivity contribution is -0.131. The van der Waals surface area contributed by atoms with E-state index in [-0.39, 0.29) is 11.8 Å². The van der Waals surface area contributed by atoms with Crippen molar-refractivity contribution in [3.63, 3.8) is 0 Å². The first kappa shape index (κ1) is 20.8. The van der Waals surface area contributed by atoms with Gasteiger partial charge in [0.05, 0.1) is 6.57 Å². The molecule has 0 unspecified atom stereocenters. The number of anilines is 2. The summed E-state index contributed by atoms with van der Waals surface area (Å²) in [5.41, 5.74) is 1.70. The van der Waals surface area contributed by atoms with E-state index in [9.17, 15) is 9.59 Å². The summed E-state index contributed by atoms with van der Waals surface area (Å²) in [7, 11) is 0. The number of halogens is 1. The first-order valence-corrected chi connectivity index (χ1v) is 9.68. The Bertz CT molecular complexity index is 1040. The van der Waals surface area contributed by atoms with Gasteiger partial charge in [0.2, 0.25) is 0 Å². The van der Waals surface area contributed by atoms with Crippen LogP contribution in [-0.2, 0) is 9.59 Å². The van der Waals surface area contributed by atoms with Crippen molar-refractivity contribution >= 4 is 57.9 Å². The fourth-order valence-corrected chi connectivity index (χ4v) is 3.76. The molecule has 3 rings (SSSR count). The first-order chi connectivity index (χ1) is 13.7. The van der Waals surface area contributed by atoms with Gasteiger partial charge in [-0.25, -0.2) is 4.85 Å². The van der Waals surface area contributed by atoms with Gasteiger partial charge in [-0.1, -0.05) is 6.07 Å². The molecule has 1 amide bonds. The number of aryl methyl sites for hydroxylation is 1. The number of esters is 1. The van der Waals surface area contributed by atoms with Gasteiger partial charge in [-0.05, 0) is 75.0 Å². The number of carbonyl (C=O) groups is 2. The van der Waals surface area contributed by atoms with Crippen molar-refractivity contribution in [1.29, 1.82) is 0 Å². The summed E-state index contributed by atoms with van der Waals surface area (Å²) in [6.45, 7) is 12.6. The van der Waals surface area contributed by atoms with Gasteiger partial charge in [0, 0.05) is 11.4 Å². The second kappa shape index (κ2) is 7.82. The Kier molecular flexibility index (Phi) is 5.60. The molecule has 8 heteroatoms. The van der Waals surface area contributed by atoms with Gasteiger partial charge in [-0.3, -0.25) is 14.5 Å². The molecule has 0 spiro atoms. The molecule has 1 fully saturated rings. The third-order valence-corrected chi connectivity index (χ3v) is 5.25. The van der Waals surface area contributed by atoms with Crippen LogP contribution in [0.3, 0.4) is 0 Å². The minimum absolute atomic E-state index is 0.171. The second-order valence-corrected chi connectivity index (χ2v) is 7.63. The van der Waals surface area contributed by atoms with Crippen molar-refractivity contribution in [3.8, 4) is 5.75 Å². The van der Waals surface area contributed by atoms with E-state index in [1.165, 1.54) is 4.90 Å². The molecule has 1 aliphatic heterocycles. The molecule has 0 aromatic heterocycles. The monoisotopic (exact) mass is 427 g/mol. The van der Waals surface area contributed by atoms with E-state index in [0.29, 0.717) is 27.9 Å². The average Bonchev–Trinajstić information content (AvgIpc) is 2.86. The third-order valence-electron chi connectivity index (χ3n) is 4.66. The Balaban J connectivity index is 1.96. The van der Waals surface area contributed by atoms with Crippen molar-refractivity contribution in [1.82, 2.24) is 0 Å². The zero-order valence-electron chi connectivity index (χ0n) is 16.1. The molecule has 6 nitrogen and oxygen atoms in total. The highest BCUT2D eigenvalue weighted by atomic mass is 35.5. The molecule has 29 heavy (non-hydrogen) atoms. The van der Waals surface area contributed by atoms with Crippen LogP contribution in [0.25, 0.3) is 4.85 Å². The van der Waals surface area contributed by atoms with Gasteiger partial charge in [0.15, 0.2) is 10.8 Å². The minimum Gasteiger partial charge on any atom is -0.426 e. The van der Waals surface area contributed by atoms with Crippen LogP contribution in [0.5, 0.6) is 5.75 Å². The number of hydrogen-bond acceptors (Lipinski definition) is 4. The second-order valence-electron chi connectivity index (χ2n) is 7.00. The third kappa shape index (κ3) is 3.69. The molecule has 148 valence electrons. The lowest BCUT2D eigenvalue weighted by Crippen LogP contribution is -2.44. The largest absolute Gasteiger partial charge is 0.426 e. The number of benzene rings is 2. The molecular weight excluding hydrogens is 410 g/mol. The van der Waals surface area contributed by atoms with Gasteiger partial charge in [0.1, 0.15) is 17.2 Å². The zero-order valence-corrected chi connectivity index (χ0v) is 17.7. The lowest BCUT2D eigenvalue weighted by atomic mass is 10.0. The topological polar surface area (TPSA) is 54.2 Å².